The van der Waals surface area contributed by atoms with Gasteiger partial charge in [-0.1, -0.05) is 30.3 Å². The Labute approximate surface area is 138 Å². The third-order valence-corrected chi connectivity index (χ3v) is 6.26. The third kappa shape index (κ3) is 3.84. The molecule has 3 aromatic rings. The van der Waals surface area contributed by atoms with E-state index in [1.165, 1.54) is 16.1 Å². The van der Waals surface area contributed by atoms with Gasteiger partial charge in [-0.2, -0.15) is 15.0 Å². The molecule has 0 amide bonds. The lowest BCUT2D eigenvalue weighted by Crippen LogP contribution is -2.31. The minimum absolute atomic E-state index is 0.310. The van der Waals surface area contributed by atoms with Crippen LogP contribution in [0.3, 0.4) is 0 Å². The first-order valence-corrected chi connectivity index (χ1v) is 9.32. The summed E-state index contributed by atoms with van der Waals surface area (Å²) in [6.07, 6.45) is 3.14. The molecule has 120 valence electrons. The van der Waals surface area contributed by atoms with Crippen LogP contribution in [0.4, 0.5) is 0 Å². The lowest BCUT2D eigenvalue weighted by atomic mass is 10.1. The molecule has 0 saturated carbocycles. The van der Waals surface area contributed by atoms with Crippen molar-refractivity contribution in [1.29, 1.82) is 0 Å². The van der Waals surface area contributed by atoms with Crippen molar-refractivity contribution >= 4 is 21.4 Å². The third-order valence-electron chi connectivity index (χ3n) is 3.29. The van der Waals surface area contributed by atoms with E-state index in [2.05, 4.69) is 14.9 Å². The van der Waals surface area contributed by atoms with Crippen LogP contribution in [-0.2, 0) is 16.6 Å². The van der Waals surface area contributed by atoms with Crippen LogP contribution >= 0.6 is 11.3 Å². The van der Waals surface area contributed by atoms with Gasteiger partial charge in [0.1, 0.15) is 4.21 Å². The fourth-order valence-corrected chi connectivity index (χ4v) is 4.71. The zero-order chi connectivity index (χ0) is 16.3. The van der Waals surface area contributed by atoms with E-state index in [4.69, 9.17) is 0 Å². The van der Waals surface area contributed by atoms with E-state index in [0.717, 1.165) is 10.4 Å². The summed E-state index contributed by atoms with van der Waals surface area (Å²) in [7, 11) is -3.59. The molecule has 8 heteroatoms. The van der Waals surface area contributed by atoms with Crippen LogP contribution < -0.4 is 4.72 Å². The number of hydrogen-bond donors (Lipinski definition) is 1. The van der Waals surface area contributed by atoms with E-state index in [1.807, 2.05) is 37.3 Å². The van der Waals surface area contributed by atoms with Gasteiger partial charge in [0, 0.05) is 4.88 Å². The second kappa shape index (κ2) is 6.61. The van der Waals surface area contributed by atoms with Gasteiger partial charge in [-0.3, -0.25) is 0 Å². The second-order valence-corrected chi connectivity index (χ2v) is 8.26. The number of rotatable bonds is 6. The van der Waals surface area contributed by atoms with Crippen LogP contribution in [0, 0.1) is 6.92 Å². The predicted octanol–water partition coefficient (Wildman–Crippen LogP) is 2.37. The average Bonchev–Trinajstić information content (AvgIpc) is 3.19. The van der Waals surface area contributed by atoms with Crippen LogP contribution in [-0.4, -0.2) is 23.4 Å². The van der Waals surface area contributed by atoms with Crippen molar-refractivity contribution in [2.45, 2.75) is 23.7 Å². The highest BCUT2D eigenvalue weighted by atomic mass is 32.2. The highest BCUT2D eigenvalue weighted by Gasteiger charge is 2.23. The molecule has 6 nitrogen and oxygen atoms in total. The molecule has 2 aromatic heterocycles. The molecular weight excluding hydrogens is 332 g/mol. The zero-order valence-corrected chi connectivity index (χ0v) is 14.1. The molecule has 0 aliphatic heterocycles. The standard InChI is InChI=1S/C15H16N4O2S2/c1-12-7-8-15(22-12)23(20,21)18-14(11-19-16-9-10-17-19)13-5-3-2-4-6-13/h2-10,14,18H,11H2,1H3. The van der Waals surface area contributed by atoms with Gasteiger partial charge in [0.25, 0.3) is 10.0 Å². The monoisotopic (exact) mass is 348 g/mol. The van der Waals surface area contributed by atoms with Gasteiger partial charge in [-0.15, -0.1) is 11.3 Å². The number of nitrogens with one attached hydrogen (secondary N) is 1. The molecular formula is C15H16N4O2S2. The molecule has 2 heterocycles. The molecule has 0 bridgehead atoms. The molecule has 0 radical (unpaired) electrons. The first kappa shape index (κ1) is 15.9. The van der Waals surface area contributed by atoms with Crippen molar-refractivity contribution in [2.24, 2.45) is 0 Å². The smallest absolute Gasteiger partial charge is 0.206 e. The number of aromatic nitrogens is 3. The van der Waals surface area contributed by atoms with Crippen molar-refractivity contribution < 1.29 is 8.42 Å². The van der Waals surface area contributed by atoms with Crippen LogP contribution in [0.25, 0.3) is 0 Å². The van der Waals surface area contributed by atoms with Crippen LogP contribution in [0.2, 0.25) is 0 Å². The summed E-state index contributed by atoms with van der Waals surface area (Å²) < 4.78 is 28.3. The maximum atomic E-state index is 12.6. The maximum absolute atomic E-state index is 12.6. The molecule has 23 heavy (non-hydrogen) atoms. The Kier molecular flexibility index (Phi) is 4.56. The quantitative estimate of drug-likeness (QED) is 0.742. The topological polar surface area (TPSA) is 76.9 Å². The fourth-order valence-electron chi connectivity index (χ4n) is 2.20. The molecule has 0 aliphatic rings. The van der Waals surface area contributed by atoms with E-state index in [-0.39, 0.29) is 0 Å². The van der Waals surface area contributed by atoms with Gasteiger partial charge < -0.3 is 0 Å². The van der Waals surface area contributed by atoms with E-state index < -0.39 is 16.1 Å². The molecule has 0 aliphatic carbocycles. The van der Waals surface area contributed by atoms with E-state index >= 15 is 0 Å². The summed E-state index contributed by atoms with van der Waals surface area (Å²) in [5.41, 5.74) is 0.863. The largest absolute Gasteiger partial charge is 0.250 e. The van der Waals surface area contributed by atoms with Crippen molar-refractivity contribution in [2.75, 3.05) is 0 Å². The SMILES string of the molecule is Cc1ccc(S(=O)(=O)NC(Cn2nccn2)c2ccccc2)s1. The highest BCUT2D eigenvalue weighted by molar-refractivity contribution is 7.91. The van der Waals surface area contributed by atoms with E-state index in [9.17, 15) is 8.42 Å². The Hall–Kier alpha value is -2.03. The minimum Gasteiger partial charge on any atom is -0.206 e. The van der Waals surface area contributed by atoms with E-state index in [1.54, 1.807) is 24.5 Å². The number of sulfonamides is 1. The van der Waals surface area contributed by atoms with Gasteiger partial charge in [0.15, 0.2) is 0 Å². The number of nitrogens with zero attached hydrogens (tertiary/aromatic N) is 3. The molecule has 1 unspecified atom stereocenters. The number of hydrogen-bond acceptors (Lipinski definition) is 5. The number of thiophene rings is 1. The molecule has 0 fully saturated rings. The Balaban J connectivity index is 1.89. The summed E-state index contributed by atoms with van der Waals surface area (Å²) in [5.74, 6) is 0. The van der Waals surface area contributed by atoms with E-state index in [0.29, 0.717) is 10.8 Å². The summed E-state index contributed by atoms with van der Waals surface area (Å²) in [4.78, 5) is 2.43. The average molecular weight is 348 g/mol. The lowest BCUT2D eigenvalue weighted by molar-refractivity contribution is 0.445. The highest BCUT2D eigenvalue weighted by Crippen LogP contribution is 2.23. The van der Waals surface area contributed by atoms with Crippen LogP contribution in [0.1, 0.15) is 16.5 Å². The Bertz CT molecular complexity index is 858. The molecule has 0 saturated heterocycles. The first-order valence-electron chi connectivity index (χ1n) is 7.02. The number of aryl methyl sites for hydroxylation is 1. The predicted molar refractivity (Wildman–Crippen MR) is 88.6 cm³/mol. The van der Waals surface area contributed by atoms with Gasteiger partial charge in [0.2, 0.25) is 0 Å². The Morgan fingerprint density at radius 2 is 1.83 bits per heavy atom. The van der Waals surface area contributed by atoms with Crippen molar-refractivity contribution in [3.63, 3.8) is 0 Å². The van der Waals surface area contributed by atoms with Crippen molar-refractivity contribution in [3.05, 3.63) is 65.3 Å². The summed E-state index contributed by atoms with van der Waals surface area (Å²) in [5, 5.41) is 8.12. The fraction of sp³-hybridized carbons (Fsp3) is 0.200. The van der Waals surface area contributed by atoms with Crippen molar-refractivity contribution in [3.8, 4) is 0 Å². The normalized spacial score (nSPS) is 13.1. The summed E-state index contributed by atoms with van der Waals surface area (Å²) >= 11 is 1.25. The number of benzene rings is 1. The lowest BCUT2D eigenvalue weighted by Gasteiger charge is -2.18. The molecule has 1 N–H and O–H groups in total. The van der Waals surface area contributed by atoms with Crippen LogP contribution in [0.15, 0.2) is 59.1 Å². The van der Waals surface area contributed by atoms with Crippen molar-refractivity contribution in [1.82, 2.24) is 19.7 Å². The molecule has 3 rings (SSSR count). The van der Waals surface area contributed by atoms with Gasteiger partial charge in [-0.05, 0) is 24.6 Å². The molecule has 1 aromatic carbocycles. The van der Waals surface area contributed by atoms with Gasteiger partial charge >= 0.3 is 0 Å². The zero-order valence-electron chi connectivity index (χ0n) is 12.5. The Morgan fingerprint density at radius 3 is 2.43 bits per heavy atom. The second-order valence-electron chi connectivity index (χ2n) is 5.03. The van der Waals surface area contributed by atoms with Gasteiger partial charge in [0.05, 0.1) is 25.0 Å². The molecule has 0 spiro atoms. The first-order chi connectivity index (χ1) is 11.0. The maximum Gasteiger partial charge on any atom is 0.250 e. The summed E-state index contributed by atoms with van der Waals surface area (Å²) in [6, 6.07) is 12.4. The van der Waals surface area contributed by atoms with Crippen LogP contribution in [0.5, 0.6) is 0 Å². The Morgan fingerprint density at radius 1 is 1.13 bits per heavy atom. The minimum atomic E-state index is -3.59. The summed E-state index contributed by atoms with van der Waals surface area (Å²) in [6.45, 7) is 2.20. The van der Waals surface area contributed by atoms with Gasteiger partial charge in [-0.25, -0.2) is 13.1 Å². The molecule has 1 atom stereocenters.